The maximum Gasteiger partial charge on any atom is 0.149 e. The third-order valence-electron chi connectivity index (χ3n) is 1.73. The van der Waals surface area contributed by atoms with Gasteiger partial charge in [0.25, 0.3) is 0 Å². The van der Waals surface area contributed by atoms with Gasteiger partial charge in [0.2, 0.25) is 0 Å². The van der Waals surface area contributed by atoms with Gasteiger partial charge < -0.3 is 5.32 Å². The maximum atomic E-state index is 7.72. The molecule has 14 heavy (non-hydrogen) atoms. The summed E-state index contributed by atoms with van der Waals surface area (Å²) < 4.78 is 0. The predicted octanol–water partition coefficient (Wildman–Crippen LogP) is 2.58. The first-order valence-electron chi connectivity index (χ1n) is 4.15. The highest BCUT2D eigenvalue weighted by atomic mass is 32.1. The quantitative estimate of drug-likeness (QED) is 0.582. The highest BCUT2D eigenvalue weighted by Gasteiger charge is 2.02. The smallest absolute Gasteiger partial charge is 0.149 e. The van der Waals surface area contributed by atoms with Gasteiger partial charge in [-0.25, -0.2) is 4.98 Å². The topological polar surface area (TPSA) is 48.8 Å². The molecule has 3 nitrogen and oxygen atoms in total. The van der Waals surface area contributed by atoms with Crippen molar-refractivity contribution in [3.05, 3.63) is 46.9 Å². The Morgan fingerprint density at radius 2 is 2.07 bits per heavy atom. The minimum atomic E-state index is 0.331. The molecule has 1 heterocycles. The van der Waals surface area contributed by atoms with E-state index in [1.54, 1.807) is 5.51 Å². The number of nitrogens with one attached hydrogen (secondary N) is 2. The Hall–Kier alpha value is -1.68. The molecule has 0 fully saturated rings. The molecule has 0 saturated carbocycles. The summed E-state index contributed by atoms with van der Waals surface area (Å²) in [5.41, 5.74) is 3.31. The molecule has 0 atom stereocenters. The molecule has 0 aliphatic heterocycles. The molecule has 2 rings (SSSR count). The standard InChI is InChI=1S/C10H9N3S/c11-10(9-6-14-7-12-9)13-8-4-2-1-3-5-8/h1-7H,(H2,11,13). The molecule has 0 aliphatic rings. The molecule has 0 saturated heterocycles. The fourth-order valence-corrected chi connectivity index (χ4v) is 1.61. The van der Waals surface area contributed by atoms with Crippen molar-refractivity contribution in [2.45, 2.75) is 0 Å². The van der Waals surface area contributed by atoms with Crippen molar-refractivity contribution in [1.29, 1.82) is 5.41 Å². The van der Waals surface area contributed by atoms with Gasteiger partial charge in [0.1, 0.15) is 11.5 Å². The van der Waals surface area contributed by atoms with Gasteiger partial charge in [-0.15, -0.1) is 11.3 Å². The van der Waals surface area contributed by atoms with Gasteiger partial charge in [0.05, 0.1) is 5.51 Å². The second kappa shape index (κ2) is 4.02. The van der Waals surface area contributed by atoms with E-state index in [1.807, 2.05) is 35.7 Å². The van der Waals surface area contributed by atoms with Crippen molar-refractivity contribution in [2.24, 2.45) is 0 Å². The number of para-hydroxylation sites is 1. The molecule has 1 aromatic carbocycles. The summed E-state index contributed by atoms with van der Waals surface area (Å²) in [5, 5.41) is 12.5. The van der Waals surface area contributed by atoms with Crippen LogP contribution in [-0.2, 0) is 0 Å². The Morgan fingerprint density at radius 1 is 1.29 bits per heavy atom. The van der Waals surface area contributed by atoms with Crippen molar-refractivity contribution in [1.82, 2.24) is 4.98 Å². The zero-order valence-electron chi connectivity index (χ0n) is 7.40. The van der Waals surface area contributed by atoms with Crippen LogP contribution in [0.15, 0.2) is 41.2 Å². The van der Waals surface area contributed by atoms with Gasteiger partial charge in [-0.05, 0) is 12.1 Å². The number of rotatable bonds is 2. The lowest BCUT2D eigenvalue weighted by Gasteiger charge is -2.04. The van der Waals surface area contributed by atoms with Crippen LogP contribution in [0.3, 0.4) is 0 Å². The van der Waals surface area contributed by atoms with Crippen molar-refractivity contribution in [2.75, 3.05) is 5.32 Å². The van der Waals surface area contributed by atoms with E-state index in [-0.39, 0.29) is 0 Å². The number of nitrogens with zero attached hydrogens (tertiary/aromatic N) is 1. The fourth-order valence-electron chi connectivity index (χ4n) is 1.07. The second-order valence-corrected chi connectivity index (χ2v) is 3.46. The lowest BCUT2D eigenvalue weighted by molar-refractivity contribution is 1.33. The van der Waals surface area contributed by atoms with E-state index in [1.165, 1.54) is 11.3 Å². The van der Waals surface area contributed by atoms with Crippen molar-refractivity contribution in [3.8, 4) is 0 Å². The van der Waals surface area contributed by atoms with Gasteiger partial charge in [-0.1, -0.05) is 18.2 Å². The van der Waals surface area contributed by atoms with Crippen LogP contribution in [0, 0.1) is 5.41 Å². The van der Waals surface area contributed by atoms with E-state index < -0.39 is 0 Å². The second-order valence-electron chi connectivity index (χ2n) is 2.74. The van der Waals surface area contributed by atoms with Crippen LogP contribution in [-0.4, -0.2) is 10.8 Å². The van der Waals surface area contributed by atoms with Gasteiger partial charge in [0, 0.05) is 11.1 Å². The number of anilines is 1. The minimum Gasteiger partial charge on any atom is -0.339 e. The number of benzene rings is 1. The predicted molar refractivity (Wildman–Crippen MR) is 59.0 cm³/mol. The molecule has 70 valence electrons. The first-order chi connectivity index (χ1) is 6.86. The number of thiazole rings is 1. The molecule has 0 spiro atoms. The normalized spacial score (nSPS) is 9.71. The minimum absolute atomic E-state index is 0.331. The van der Waals surface area contributed by atoms with Gasteiger partial charge in [0.15, 0.2) is 0 Å². The Bertz CT molecular complexity index is 408. The zero-order chi connectivity index (χ0) is 9.80. The lowest BCUT2D eigenvalue weighted by atomic mass is 10.3. The van der Waals surface area contributed by atoms with Crippen LogP contribution in [0.5, 0.6) is 0 Å². The summed E-state index contributed by atoms with van der Waals surface area (Å²) in [5.74, 6) is 0.331. The fraction of sp³-hybridized carbons (Fsp3) is 0. The lowest BCUT2D eigenvalue weighted by Crippen LogP contribution is -2.11. The van der Waals surface area contributed by atoms with E-state index in [2.05, 4.69) is 10.3 Å². The molecular formula is C10H9N3S. The molecule has 2 N–H and O–H groups in total. The van der Waals surface area contributed by atoms with Crippen LogP contribution in [0.4, 0.5) is 5.69 Å². The third kappa shape index (κ3) is 1.97. The van der Waals surface area contributed by atoms with E-state index in [4.69, 9.17) is 5.41 Å². The molecular weight excluding hydrogens is 194 g/mol. The number of aromatic nitrogens is 1. The molecule has 1 aromatic heterocycles. The van der Waals surface area contributed by atoms with Crippen LogP contribution in [0.2, 0.25) is 0 Å². The van der Waals surface area contributed by atoms with E-state index in [9.17, 15) is 0 Å². The Balaban J connectivity index is 2.10. The molecule has 4 heteroatoms. The molecule has 0 radical (unpaired) electrons. The molecule has 0 aliphatic carbocycles. The van der Waals surface area contributed by atoms with E-state index >= 15 is 0 Å². The summed E-state index contributed by atoms with van der Waals surface area (Å²) in [4.78, 5) is 4.04. The number of hydrogen-bond donors (Lipinski definition) is 2. The van der Waals surface area contributed by atoms with Crippen molar-refractivity contribution >= 4 is 22.9 Å². The Kier molecular flexibility index (Phi) is 2.55. The van der Waals surface area contributed by atoms with Crippen molar-refractivity contribution in [3.63, 3.8) is 0 Å². The highest BCUT2D eigenvalue weighted by Crippen LogP contribution is 2.08. The zero-order valence-corrected chi connectivity index (χ0v) is 8.21. The maximum absolute atomic E-state index is 7.72. The highest BCUT2D eigenvalue weighted by molar-refractivity contribution is 7.07. The van der Waals surface area contributed by atoms with Gasteiger partial charge in [-0.2, -0.15) is 0 Å². The van der Waals surface area contributed by atoms with Crippen molar-refractivity contribution < 1.29 is 0 Å². The molecule has 0 amide bonds. The number of hydrogen-bond acceptors (Lipinski definition) is 3. The third-order valence-corrected chi connectivity index (χ3v) is 2.32. The van der Waals surface area contributed by atoms with Crippen LogP contribution >= 0.6 is 11.3 Å². The van der Waals surface area contributed by atoms with E-state index in [0.29, 0.717) is 11.5 Å². The Labute approximate surface area is 85.9 Å². The largest absolute Gasteiger partial charge is 0.339 e. The van der Waals surface area contributed by atoms with Gasteiger partial charge in [-0.3, -0.25) is 5.41 Å². The summed E-state index contributed by atoms with van der Waals surface area (Å²) in [6, 6.07) is 9.63. The van der Waals surface area contributed by atoms with Gasteiger partial charge >= 0.3 is 0 Å². The van der Waals surface area contributed by atoms with Crippen LogP contribution < -0.4 is 5.32 Å². The Morgan fingerprint density at radius 3 is 2.71 bits per heavy atom. The van der Waals surface area contributed by atoms with Crippen LogP contribution in [0.1, 0.15) is 5.69 Å². The number of amidine groups is 1. The monoisotopic (exact) mass is 203 g/mol. The average Bonchev–Trinajstić information content (AvgIpc) is 2.72. The first-order valence-corrected chi connectivity index (χ1v) is 5.10. The average molecular weight is 203 g/mol. The van der Waals surface area contributed by atoms with E-state index in [0.717, 1.165) is 5.69 Å². The first kappa shape index (κ1) is 8.90. The summed E-state index contributed by atoms with van der Waals surface area (Å²) in [6.07, 6.45) is 0. The van der Waals surface area contributed by atoms with Crippen LogP contribution in [0.25, 0.3) is 0 Å². The molecule has 0 unspecified atom stereocenters. The summed E-state index contributed by atoms with van der Waals surface area (Å²) in [7, 11) is 0. The molecule has 2 aromatic rings. The summed E-state index contributed by atoms with van der Waals surface area (Å²) in [6.45, 7) is 0. The summed E-state index contributed by atoms with van der Waals surface area (Å²) >= 11 is 1.49. The molecule has 0 bridgehead atoms. The SMILES string of the molecule is N=C(Nc1ccccc1)c1cscn1.